The Hall–Kier alpha value is -0.690. The molecule has 98 valence electrons. The van der Waals surface area contributed by atoms with Crippen LogP contribution in [0.5, 0.6) is 0 Å². The van der Waals surface area contributed by atoms with Gasteiger partial charge in [0.15, 0.2) is 0 Å². The molecule has 4 nitrogen and oxygen atoms in total. The van der Waals surface area contributed by atoms with Gasteiger partial charge < -0.3 is 0 Å². The molecule has 0 radical (unpaired) electrons. The number of hydrogen-bond donors (Lipinski definition) is 2. The Morgan fingerprint density at radius 1 is 1.56 bits per heavy atom. The molecule has 0 spiro atoms. The van der Waals surface area contributed by atoms with Crippen molar-refractivity contribution in [3.63, 3.8) is 0 Å². The number of nitrogens with two attached hydrogens (primary N) is 1. The lowest BCUT2D eigenvalue weighted by molar-refractivity contribution is 0.523. The third kappa shape index (κ3) is 3.00. The fourth-order valence-corrected chi connectivity index (χ4v) is 3.49. The topological polar surface area (TPSA) is 55.9 Å². The predicted molar refractivity (Wildman–Crippen MR) is 78.4 cm³/mol. The third-order valence-electron chi connectivity index (χ3n) is 2.84. The predicted octanol–water partition coefficient (Wildman–Crippen LogP) is 2.78. The summed E-state index contributed by atoms with van der Waals surface area (Å²) in [6, 6.07) is 6.39. The zero-order valence-electron chi connectivity index (χ0n) is 10.5. The molecule has 0 amide bonds. The first-order chi connectivity index (χ1) is 8.63. The molecule has 0 bridgehead atoms. The smallest absolute Gasteiger partial charge is 0.0702 e. The van der Waals surface area contributed by atoms with Gasteiger partial charge in [0.2, 0.25) is 0 Å². The van der Waals surface area contributed by atoms with Crippen molar-refractivity contribution in [1.29, 1.82) is 0 Å². The molecule has 3 N–H and O–H groups in total. The molecule has 2 heterocycles. The van der Waals surface area contributed by atoms with E-state index in [1.807, 2.05) is 17.7 Å². The number of nitrogens with zero attached hydrogens (tertiary/aromatic N) is 2. The van der Waals surface area contributed by atoms with Gasteiger partial charge in [0.05, 0.1) is 15.5 Å². The van der Waals surface area contributed by atoms with Crippen molar-refractivity contribution in [2.45, 2.75) is 32.9 Å². The van der Waals surface area contributed by atoms with Crippen LogP contribution in [0.2, 0.25) is 0 Å². The highest BCUT2D eigenvalue weighted by atomic mass is 79.9. The minimum atomic E-state index is 0.127. The molecule has 0 saturated heterocycles. The number of rotatable bonds is 5. The van der Waals surface area contributed by atoms with Crippen LogP contribution in [0.25, 0.3) is 0 Å². The van der Waals surface area contributed by atoms with Gasteiger partial charge in [-0.25, -0.2) is 0 Å². The van der Waals surface area contributed by atoms with E-state index in [0.717, 1.165) is 22.4 Å². The van der Waals surface area contributed by atoms with Gasteiger partial charge in [0.25, 0.3) is 0 Å². The van der Waals surface area contributed by atoms with Crippen molar-refractivity contribution in [3.05, 3.63) is 38.3 Å². The molecule has 0 aliphatic carbocycles. The van der Waals surface area contributed by atoms with E-state index in [4.69, 9.17) is 5.84 Å². The van der Waals surface area contributed by atoms with Crippen molar-refractivity contribution in [3.8, 4) is 0 Å². The summed E-state index contributed by atoms with van der Waals surface area (Å²) in [5, 5.41) is 4.46. The van der Waals surface area contributed by atoms with Gasteiger partial charge in [-0.05, 0) is 48.0 Å². The number of hydrogen-bond acceptors (Lipinski definition) is 4. The maximum Gasteiger partial charge on any atom is 0.0702 e. The Balaban J connectivity index is 2.19. The first-order valence-electron chi connectivity index (χ1n) is 5.88. The molecule has 0 aliphatic heterocycles. The fourth-order valence-electron chi connectivity index (χ4n) is 2.00. The van der Waals surface area contributed by atoms with E-state index in [1.54, 1.807) is 11.3 Å². The molecular formula is C12H17BrN4S. The van der Waals surface area contributed by atoms with E-state index in [2.05, 4.69) is 45.5 Å². The Kier molecular flexibility index (Phi) is 4.55. The van der Waals surface area contributed by atoms with Crippen LogP contribution in [0.4, 0.5) is 0 Å². The van der Waals surface area contributed by atoms with Crippen molar-refractivity contribution in [2.24, 2.45) is 5.84 Å². The van der Waals surface area contributed by atoms with Crippen LogP contribution in [0.3, 0.4) is 0 Å². The summed E-state index contributed by atoms with van der Waals surface area (Å²) >= 11 is 5.18. The first kappa shape index (κ1) is 13.7. The van der Waals surface area contributed by atoms with Gasteiger partial charge in [-0.15, -0.1) is 11.3 Å². The molecule has 6 heteroatoms. The lowest BCUT2D eigenvalue weighted by Gasteiger charge is -2.14. The highest BCUT2D eigenvalue weighted by Gasteiger charge is 2.15. The minimum absolute atomic E-state index is 0.127. The first-order valence-corrected chi connectivity index (χ1v) is 7.49. The van der Waals surface area contributed by atoms with E-state index < -0.39 is 0 Å². The lowest BCUT2D eigenvalue weighted by atomic mass is 10.1. The Morgan fingerprint density at radius 2 is 2.33 bits per heavy atom. The highest BCUT2D eigenvalue weighted by Crippen LogP contribution is 2.29. The van der Waals surface area contributed by atoms with Crippen molar-refractivity contribution >= 4 is 27.3 Å². The average Bonchev–Trinajstić information content (AvgIpc) is 2.92. The van der Waals surface area contributed by atoms with Gasteiger partial charge in [0, 0.05) is 23.5 Å². The molecule has 0 aromatic carbocycles. The van der Waals surface area contributed by atoms with Crippen LogP contribution in [-0.2, 0) is 13.0 Å². The van der Waals surface area contributed by atoms with E-state index in [0.29, 0.717) is 0 Å². The third-order valence-corrected chi connectivity index (χ3v) is 4.57. The summed E-state index contributed by atoms with van der Waals surface area (Å²) in [5.74, 6) is 5.67. The van der Waals surface area contributed by atoms with Gasteiger partial charge in [0.1, 0.15) is 0 Å². The van der Waals surface area contributed by atoms with Gasteiger partial charge in [-0.2, -0.15) is 5.10 Å². The van der Waals surface area contributed by atoms with Gasteiger partial charge in [-0.3, -0.25) is 16.0 Å². The van der Waals surface area contributed by atoms with Crippen molar-refractivity contribution in [1.82, 2.24) is 15.2 Å². The molecule has 18 heavy (non-hydrogen) atoms. The summed E-state index contributed by atoms with van der Waals surface area (Å²) < 4.78 is 3.15. The number of aryl methyl sites for hydroxylation is 2. The van der Waals surface area contributed by atoms with Gasteiger partial charge in [-0.1, -0.05) is 0 Å². The summed E-state index contributed by atoms with van der Waals surface area (Å²) in [5.41, 5.74) is 5.15. The summed E-state index contributed by atoms with van der Waals surface area (Å²) in [6.07, 6.45) is 0.845. The summed E-state index contributed by atoms with van der Waals surface area (Å²) in [7, 11) is 0. The molecule has 1 atom stereocenters. The molecule has 2 aromatic heterocycles. The SMILES string of the molecule is CCn1nc(C)cc1CC(NN)c1ccc(Br)s1. The molecule has 2 rings (SSSR count). The average molecular weight is 329 g/mol. The zero-order valence-corrected chi connectivity index (χ0v) is 12.9. The lowest BCUT2D eigenvalue weighted by Crippen LogP contribution is -2.29. The quantitative estimate of drug-likeness (QED) is 0.655. The minimum Gasteiger partial charge on any atom is -0.271 e. The second kappa shape index (κ2) is 5.97. The number of aromatic nitrogens is 2. The van der Waals surface area contributed by atoms with Crippen LogP contribution in [0, 0.1) is 6.92 Å². The normalized spacial score (nSPS) is 12.9. The Bertz CT molecular complexity index is 520. The van der Waals surface area contributed by atoms with Crippen molar-refractivity contribution < 1.29 is 0 Å². The van der Waals surface area contributed by atoms with Gasteiger partial charge >= 0.3 is 0 Å². The van der Waals surface area contributed by atoms with Crippen molar-refractivity contribution in [2.75, 3.05) is 0 Å². The second-order valence-electron chi connectivity index (χ2n) is 4.16. The molecule has 0 aliphatic rings. The van der Waals surface area contributed by atoms with E-state index in [9.17, 15) is 0 Å². The largest absolute Gasteiger partial charge is 0.271 e. The van der Waals surface area contributed by atoms with E-state index >= 15 is 0 Å². The molecule has 0 saturated carbocycles. The standard InChI is InChI=1S/C12H17BrN4S/c1-3-17-9(6-8(2)16-17)7-10(15-14)11-4-5-12(13)18-11/h4-6,10,15H,3,7,14H2,1-2H3. The number of thiophene rings is 1. The highest BCUT2D eigenvalue weighted by molar-refractivity contribution is 9.11. The number of nitrogens with one attached hydrogen (secondary N) is 1. The maximum absolute atomic E-state index is 5.67. The Labute approximate surface area is 119 Å². The van der Waals surface area contributed by atoms with Crippen LogP contribution >= 0.6 is 27.3 Å². The van der Waals surface area contributed by atoms with E-state index in [-0.39, 0.29) is 6.04 Å². The number of halogens is 1. The molecular weight excluding hydrogens is 312 g/mol. The molecule has 2 aromatic rings. The Morgan fingerprint density at radius 3 is 2.89 bits per heavy atom. The maximum atomic E-state index is 5.67. The second-order valence-corrected chi connectivity index (χ2v) is 6.65. The zero-order chi connectivity index (χ0) is 13.1. The molecule has 0 fully saturated rings. The van der Waals surface area contributed by atoms with Crippen LogP contribution in [0.1, 0.15) is 29.2 Å². The summed E-state index contributed by atoms with van der Waals surface area (Å²) in [4.78, 5) is 1.23. The summed E-state index contributed by atoms with van der Waals surface area (Å²) in [6.45, 7) is 5.00. The monoisotopic (exact) mass is 328 g/mol. The van der Waals surface area contributed by atoms with Crippen LogP contribution in [-0.4, -0.2) is 9.78 Å². The van der Waals surface area contributed by atoms with E-state index in [1.165, 1.54) is 10.6 Å². The number of hydrazine groups is 1. The molecule has 1 unspecified atom stereocenters. The fraction of sp³-hybridized carbons (Fsp3) is 0.417. The van der Waals surface area contributed by atoms with Crippen LogP contribution in [0.15, 0.2) is 22.0 Å². The van der Waals surface area contributed by atoms with Crippen LogP contribution < -0.4 is 11.3 Å².